The summed E-state index contributed by atoms with van der Waals surface area (Å²) in [6.45, 7) is 14.1. The summed E-state index contributed by atoms with van der Waals surface area (Å²) in [4.78, 5) is 5.07. The monoisotopic (exact) mass is 784 g/mol. The van der Waals surface area contributed by atoms with Crippen LogP contribution >= 0.6 is 0 Å². The summed E-state index contributed by atoms with van der Waals surface area (Å²) < 4.78 is 24.6. The lowest BCUT2D eigenvalue weighted by molar-refractivity contribution is 0.214. The number of ether oxygens (including phenoxy) is 4. The maximum absolute atomic E-state index is 6.15. The van der Waals surface area contributed by atoms with Crippen LogP contribution in [0.2, 0.25) is 0 Å². The minimum atomic E-state index is 0.495. The van der Waals surface area contributed by atoms with E-state index < -0.39 is 0 Å². The predicted octanol–water partition coefficient (Wildman–Crippen LogP) is 5.99. The highest BCUT2D eigenvalue weighted by atomic mass is 16.5. The molecule has 0 aliphatic carbocycles. The van der Waals surface area contributed by atoms with Gasteiger partial charge >= 0.3 is 0 Å². The fraction of sp³-hybridized carbons (Fsp3) is 0.375. The lowest BCUT2D eigenvalue weighted by Crippen LogP contribution is -2.36. The zero-order valence-electron chi connectivity index (χ0n) is 33.8. The van der Waals surface area contributed by atoms with Gasteiger partial charge in [0, 0.05) is 114 Å². The average molecular weight is 785 g/mol. The van der Waals surface area contributed by atoms with E-state index in [9.17, 15) is 0 Å². The average Bonchev–Trinajstić information content (AvgIpc) is 3.26. The summed E-state index contributed by atoms with van der Waals surface area (Å²) >= 11 is 0. The first kappa shape index (κ1) is 41.2. The Labute approximate surface area is 344 Å². The Morgan fingerprint density at radius 2 is 0.603 bits per heavy atom. The van der Waals surface area contributed by atoms with Gasteiger partial charge in [0.15, 0.2) is 0 Å². The smallest absolute Gasteiger partial charge is 0.123 e. The van der Waals surface area contributed by atoms with Gasteiger partial charge in [-0.3, -0.25) is 9.80 Å². The first-order valence-electron chi connectivity index (χ1n) is 20.9. The van der Waals surface area contributed by atoms with Crippen LogP contribution < -0.4 is 40.2 Å². The molecule has 7 rings (SSSR count). The van der Waals surface area contributed by atoms with Crippen molar-refractivity contribution in [2.45, 2.75) is 39.3 Å². The van der Waals surface area contributed by atoms with Crippen molar-refractivity contribution in [3.05, 3.63) is 155 Å². The normalized spacial score (nSPS) is 17.5. The van der Waals surface area contributed by atoms with Crippen LogP contribution in [0.3, 0.4) is 0 Å². The number of nitrogens with zero attached hydrogens (tertiary/aromatic N) is 2. The highest BCUT2D eigenvalue weighted by molar-refractivity contribution is 5.36. The third kappa shape index (κ3) is 13.0. The summed E-state index contributed by atoms with van der Waals surface area (Å²) in [5.41, 5.74) is 7.28. The predicted molar refractivity (Wildman–Crippen MR) is 232 cm³/mol. The highest BCUT2D eigenvalue weighted by Gasteiger charge is 2.13. The number of para-hydroxylation sites is 4. The topological polar surface area (TPSA) is 91.5 Å². The molecular weight excluding hydrogens is 725 g/mol. The largest absolute Gasteiger partial charge is 0.490 e. The zero-order valence-corrected chi connectivity index (χ0v) is 33.8. The van der Waals surface area contributed by atoms with Gasteiger partial charge in [-0.2, -0.15) is 0 Å². The third-order valence-electron chi connectivity index (χ3n) is 10.6. The van der Waals surface area contributed by atoms with Gasteiger partial charge in [-0.1, -0.05) is 97.1 Å². The molecule has 0 radical (unpaired) electrons. The molecule has 10 heteroatoms. The van der Waals surface area contributed by atoms with Crippen molar-refractivity contribution in [3.8, 4) is 23.0 Å². The molecule has 0 bridgehead atoms. The number of benzene rings is 5. The number of hydrogen-bond donors (Lipinski definition) is 4. The van der Waals surface area contributed by atoms with Crippen molar-refractivity contribution < 1.29 is 18.9 Å². The first-order chi connectivity index (χ1) is 28.8. The lowest BCUT2D eigenvalue weighted by Gasteiger charge is -2.25. The second-order valence-corrected chi connectivity index (χ2v) is 14.9. The van der Waals surface area contributed by atoms with Crippen LogP contribution in [0.25, 0.3) is 0 Å². The van der Waals surface area contributed by atoms with E-state index in [0.717, 1.165) is 137 Å². The number of nitrogens with one attached hydrogen (secondary N) is 4. The van der Waals surface area contributed by atoms with E-state index >= 15 is 0 Å². The quantitative estimate of drug-likeness (QED) is 0.174. The summed E-state index contributed by atoms with van der Waals surface area (Å²) in [5.74, 6) is 3.63. The zero-order chi connectivity index (χ0) is 39.5. The molecule has 0 spiro atoms. The minimum absolute atomic E-state index is 0.495. The van der Waals surface area contributed by atoms with Gasteiger partial charge in [0.25, 0.3) is 0 Å². The van der Waals surface area contributed by atoms with Crippen molar-refractivity contribution >= 4 is 0 Å². The van der Waals surface area contributed by atoms with Gasteiger partial charge in [-0.05, 0) is 35.4 Å². The molecule has 0 saturated heterocycles. The number of hydrogen-bond acceptors (Lipinski definition) is 10. The molecule has 2 heterocycles. The summed E-state index contributed by atoms with van der Waals surface area (Å²) in [5, 5.41) is 14.7. The highest BCUT2D eigenvalue weighted by Crippen LogP contribution is 2.22. The Morgan fingerprint density at radius 3 is 0.879 bits per heavy atom. The van der Waals surface area contributed by atoms with Crippen LogP contribution in [0.1, 0.15) is 33.4 Å². The Bertz CT molecular complexity index is 1700. The Balaban J connectivity index is 0.972. The second kappa shape index (κ2) is 22.9. The van der Waals surface area contributed by atoms with Gasteiger partial charge in [-0.15, -0.1) is 0 Å². The van der Waals surface area contributed by atoms with Crippen LogP contribution in [-0.2, 0) is 39.3 Å². The fourth-order valence-electron chi connectivity index (χ4n) is 7.42. The molecule has 4 N–H and O–H groups in total. The van der Waals surface area contributed by atoms with Crippen molar-refractivity contribution in [2.75, 3.05) is 78.8 Å². The van der Waals surface area contributed by atoms with E-state index in [1.165, 1.54) is 11.1 Å². The SMILES string of the molecule is c1ccc2c(c1)CNCCN(Cc1ccc(CN3CCNCc4ccccc4OCCOc4ccccc4CNCC3)cc1)CCNCc1ccccc1OCCO2. The van der Waals surface area contributed by atoms with Crippen molar-refractivity contribution in [1.29, 1.82) is 0 Å². The maximum Gasteiger partial charge on any atom is 0.123 e. The Kier molecular flexibility index (Phi) is 16.2. The molecule has 306 valence electrons. The maximum atomic E-state index is 6.15. The molecule has 5 aromatic carbocycles. The van der Waals surface area contributed by atoms with Crippen LogP contribution in [0.15, 0.2) is 121 Å². The number of fused-ring (bicyclic) bond motifs is 4. The van der Waals surface area contributed by atoms with Crippen LogP contribution in [0, 0.1) is 0 Å². The van der Waals surface area contributed by atoms with Crippen LogP contribution in [0.4, 0.5) is 0 Å². The molecule has 0 unspecified atom stereocenters. The molecule has 5 aromatic rings. The number of rotatable bonds is 4. The summed E-state index contributed by atoms with van der Waals surface area (Å²) in [6, 6.07) is 42.4. The fourth-order valence-corrected chi connectivity index (χ4v) is 7.42. The van der Waals surface area contributed by atoms with E-state index in [-0.39, 0.29) is 0 Å². The van der Waals surface area contributed by atoms with E-state index in [0.29, 0.717) is 26.4 Å². The van der Waals surface area contributed by atoms with Gasteiger partial charge < -0.3 is 40.2 Å². The molecule has 10 nitrogen and oxygen atoms in total. The molecule has 0 amide bonds. The van der Waals surface area contributed by atoms with Crippen molar-refractivity contribution in [1.82, 2.24) is 31.1 Å². The summed E-state index contributed by atoms with van der Waals surface area (Å²) in [6.07, 6.45) is 0. The van der Waals surface area contributed by atoms with Gasteiger partial charge in [-0.25, -0.2) is 0 Å². The van der Waals surface area contributed by atoms with Gasteiger partial charge in [0.1, 0.15) is 49.4 Å². The molecule has 0 aromatic heterocycles. The molecular formula is C48H60N6O4. The third-order valence-corrected chi connectivity index (χ3v) is 10.6. The lowest BCUT2D eigenvalue weighted by atomic mass is 10.1. The van der Waals surface area contributed by atoms with Crippen molar-refractivity contribution in [3.63, 3.8) is 0 Å². The summed E-state index contributed by atoms with van der Waals surface area (Å²) in [7, 11) is 0. The molecule has 58 heavy (non-hydrogen) atoms. The van der Waals surface area contributed by atoms with E-state index in [1.807, 2.05) is 48.5 Å². The van der Waals surface area contributed by atoms with Crippen molar-refractivity contribution in [2.24, 2.45) is 0 Å². The van der Waals surface area contributed by atoms with E-state index in [1.54, 1.807) is 0 Å². The molecule has 0 atom stereocenters. The van der Waals surface area contributed by atoms with Crippen LogP contribution in [-0.4, -0.2) is 88.6 Å². The standard InChI is InChI=1S/C48H60N6O4/c1-5-13-45-41(9-1)33-49-21-25-53(26-22-50-34-42-10-2-6-14-46(42)56-30-29-55-45)37-39-17-19-40(20-18-39)38-54-27-23-51-35-43-11-3-7-15-47(43)57-31-32-58-48-16-8-4-12-44(48)36-52-24-28-54/h1-20,49-52H,21-38H2. The van der Waals surface area contributed by atoms with Gasteiger partial charge in [0.05, 0.1) is 0 Å². The molecule has 0 fully saturated rings. The second-order valence-electron chi connectivity index (χ2n) is 14.9. The minimum Gasteiger partial charge on any atom is -0.490 e. The molecule has 2 aliphatic rings. The molecule has 2 aliphatic heterocycles. The first-order valence-corrected chi connectivity index (χ1v) is 20.9. The van der Waals surface area contributed by atoms with E-state index in [2.05, 4.69) is 104 Å². The Morgan fingerprint density at radius 1 is 0.345 bits per heavy atom. The van der Waals surface area contributed by atoms with E-state index in [4.69, 9.17) is 18.9 Å². The van der Waals surface area contributed by atoms with Gasteiger partial charge in [0.2, 0.25) is 0 Å². The molecule has 0 saturated carbocycles. The Hall–Kier alpha value is -4.94. The van der Waals surface area contributed by atoms with Crippen LogP contribution in [0.5, 0.6) is 23.0 Å².